The van der Waals surface area contributed by atoms with E-state index < -0.39 is 8.07 Å². The average molecular weight is 691 g/mol. The molecule has 0 aliphatic rings. The first kappa shape index (κ1) is 32.9. The number of hydrogen-bond acceptors (Lipinski definition) is 0. The summed E-state index contributed by atoms with van der Waals surface area (Å²) >= 11 is 0. The Morgan fingerprint density at radius 1 is 0.465 bits per heavy atom. The second-order valence-electron chi connectivity index (χ2n) is 11.2. The summed E-state index contributed by atoms with van der Waals surface area (Å²) in [5.74, 6) is 0. The molecule has 0 aliphatic heterocycles. The molecule has 4 heteroatoms. The van der Waals surface area contributed by atoms with Crippen LogP contribution in [0.4, 0.5) is 0 Å². The fourth-order valence-electron chi connectivity index (χ4n) is 7.13. The monoisotopic (exact) mass is 688 g/mol. The summed E-state index contributed by atoms with van der Waals surface area (Å²) in [5.41, 5.74) is 7.99. The first-order valence-electron chi connectivity index (χ1n) is 14.1. The number of aryl methyl sites for hydroxylation is 2. The maximum absolute atomic E-state index is 2.59. The van der Waals surface area contributed by atoms with E-state index in [4.69, 9.17) is 0 Å². The van der Waals surface area contributed by atoms with Gasteiger partial charge in [0.15, 0.2) is 0 Å². The van der Waals surface area contributed by atoms with E-state index >= 15 is 0 Å². The molecule has 7 aromatic carbocycles. The zero-order valence-corrected chi connectivity index (χ0v) is 29.5. The molecule has 0 unspecified atom stereocenters. The summed E-state index contributed by atoms with van der Waals surface area (Å²) in [7, 11) is -2.52. The zero-order valence-electron chi connectivity index (χ0n) is 24.5. The van der Waals surface area contributed by atoms with E-state index in [2.05, 4.69) is 160 Å². The standard InChI is InChI=1S/C39H32Si.2ClH.Zr/c1-27-25-31-19-13-23-34(29-15-7-4-8-16-29)36(31)38(27)40(3,33-21-11-6-12-22-33)39-28(2)26-32-20-14-24-35(37(32)39)30-17-9-5-10-18-30;;;/h4-26H,1-3H3;2*1H;/q-2;;;+4/p-2. The SMILES string of the molecule is Cc1[cH-]c2cccc(-c3ccccc3)c2c1[Si](C)(c1ccccc1)c1c(C)[cH-]c2cccc(-c3ccccc3)c12.[Cl-].[Cl-].[Zr+4]. The van der Waals surface area contributed by atoms with Gasteiger partial charge in [-0.3, -0.25) is 0 Å². The molecule has 7 aromatic rings. The molecule has 0 fully saturated rings. The van der Waals surface area contributed by atoms with Gasteiger partial charge in [0, 0.05) is 8.07 Å². The van der Waals surface area contributed by atoms with Gasteiger partial charge in [-0.1, -0.05) is 140 Å². The van der Waals surface area contributed by atoms with Crippen molar-refractivity contribution in [3.8, 4) is 22.3 Å². The molecule has 0 saturated heterocycles. The predicted octanol–water partition coefficient (Wildman–Crippen LogP) is 2.49. The summed E-state index contributed by atoms with van der Waals surface area (Å²) in [4.78, 5) is 0. The van der Waals surface area contributed by atoms with Crippen molar-refractivity contribution in [2.75, 3.05) is 0 Å². The van der Waals surface area contributed by atoms with Crippen molar-refractivity contribution in [3.05, 3.63) is 151 Å². The Labute approximate surface area is 287 Å². The van der Waals surface area contributed by atoms with Gasteiger partial charge in [0.25, 0.3) is 0 Å². The van der Waals surface area contributed by atoms with Crippen LogP contribution in [0.25, 0.3) is 43.8 Å². The maximum Gasteiger partial charge on any atom is 4.00 e. The summed E-state index contributed by atoms with van der Waals surface area (Å²) in [6, 6.07) is 51.6. The first-order chi connectivity index (χ1) is 19.6. The van der Waals surface area contributed by atoms with Gasteiger partial charge in [0.1, 0.15) is 0 Å². The Hall–Kier alpha value is -3.00. The van der Waals surface area contributed by atoms with Gasteiger partial charge in [-0.2, -0.15) is 10.4 Å². The van der Waals surface area contributed by atoms with Crippen molar-refractivity contribution in [2.24, 2.45) is 0 Å². The molecule has 0 nitrogen and oxygen atoms in total. The third kappa shape index (κ3) is 5.45. The van der Waals surface area contributed by atoms with Crippen molar-refractivity contribution in [1.29, 1.82) is 0 Å². The van der Waals surface area contributed by atoms with Gasteiger partial charge in [-0.15, -0.1) is 69.1 Å². The van der Waals surface area contributed by atoms with Gasteiger partial charge in [-0.05, 0) is 11.1 Å². The predicted molar refractivity (Wildman–Crippen MR) is 176 cm³/mol. The van der Waals surface area contributed by atoms with E-state index in [0.29, 0.717) is 0 Å². The van der Waals surface area contributed by atoms with Crippen molar-refractivity contribution in [3.63, 3.8) is 0 Å². The molecular formula is C39H32Cl2SiZr. The Kier molecular flexibility index (Phi) is 10.2. The normalized spacial score (nSPS) is 11.0. The molecule has 0 aromatic heterocycles. The molecule has 0 radical (unpaired) electrons. The second-order valence-corrected chi connectivity index (χ2v) is 15.0. The van der Waals surface area contributed by atoms with Gasteiger partial charge in [-0.25, -0.2) is 0 Å². The minimum atomic E-state index is -2.52. The van der Waals surface area contributed by atoms with Crippen LogP contribution in [-0.2, 0) is 26.2 Å². The van der Waals surface area contributed by atoms with E-state index in [9.17, 15) is 0 Å². The molecule has 0 heterocycles. The average Bonchev–Trinajstić information content (AvgIpc) is 3.54. The van der Waals surface area contributed by atoms with Crippen molar-refractivity contribution < 1.29 is 51.0 Å². The second kappa shape index (κ2) is 13.3. The van der Waals surface area contributed by atoms with E-state index in [1.54, 1.807) is 0 Å². The number of benzene rings is 5. The number of rotatable bonds is 5. The first-order valence-corrected chi connectivity index (χ1v) is 16.6. The van der Waals surface area contributed by atoms with Crippen LogP contribution in [-0.4, -0.2) is 8.07 Å². The van der Waals surface area contributed by atoms with Crippen LogP contribution in [0.1, 0.15) is 11.1 Å². The molecule has 7 rings (SSSR count). The van der Waals surface area contributed by atoms with Crippen molar-refractivity contribution in [1.82, 2.24) is 0 Å². The number of fused-ring (bicyclic) bond motifs is 2. The van der Waals surface area contributed by atoms with Crippen LogP contribution in [0, 0.1) is 13.8 Å². The molecule has 0 aliphatic carbocycles. The molecule has 0 atom stereocenters. The molecule has 0 saturated carbocycles. The summed E-state index contributed by atoms with van der Waals surface area (Å²) in [5, 5.41) is 10.0. The molecule has 43 heavy (non-hydrogen) atoms. The Bertz CT molecular complexity index is 1850. The molecule has 0 amide bonds. The minimum Gasteiger partial charge on any atom is -1.00 e. The zero-order chi connectivity index (χ0) is 27.3. The van der Waals surface area contributed by atoms with Crippen LogP contribution in [0.15, 0.2) is 140 Å². The van der Waals surface area contributed by atoms with Crippen LogP contribution in [0.2, 0.25) is 6.55 Å². The molecule has 0 N–H and O–H groups in total. The maximum atomic E-state index is 2.59. The third-order valence-electron chi connectivity index (χ3n) is 8.75. The Morgan fingerprint density at radius 2 is 0.837 bits per heavy atom. The minimum absolute atomic E-state index is 0. The van der Waals surface area contributed by atoms with Crippen LogP contribution in [0.3, 0.4) is 0 Å². The van der Waals surface area contributed by atoms with Crippen LogP contribution in [0.5, 0.6) is 0 Å². The molecule has 0 bridgehead atoms. The largest absolute Gasteiger partial charge is 4.00 e. The molecule has 0 spiro atoms. The van der Waals surface area contributed by atoms with Crippen LogP contribution >= 0.6 is 0 Å². The van der Waals surface area contributed by atoms with E-state index in [0.717, 1.165) is 0 Å². The molecular weight excluding hydrogens is 659 g/mol. The summed E-state index contributed by atoms with van der Waals surface area (Å²) in [6.45, 7) is 7.25. The molecule has 210 valence electrons. The summed E-state index contributed by atoms with van der Waals surface area (Å²) in [6.07, 6.45) is 0. The van der Waals surface area contributed by atoms with Gasteiger partial charge < -0.3 is 24.8 Å². The van der Waals surface area contributed by atoms with E-state index in [-0.39, 0.29) is 51.0 Å². The van der Waals surface area contributed by atoms with Gasteiger partial charge >= 0.3 is 26.2 Å². The van der Waals surface area contributed by atoms with Gasteiger partial charge in [0.05, 0.1) is 0 Å². The Morgan fingerprint density at radius 3 is 1.23 bits per heavy atom. The van der Waals surface area contributed by atoms with Crippen LogP contribution < -0.4 is 40.4 Å². The number of halogens is 2. The fraction of sp³-hybridized carbons (Fsp3) is 0.0769. The quantitative estimate of drug-likeness (QED) is 0.193. The summed E-state index contributed by atoms with van der Waals surface area (Å²) < 4.78 is 0. The number of hydrogen-bond donors (Lipinski definition) is 0. The van der Waals surface area contributed by atoms with Crippen molar-refractivity contribution in [2.45, 2.75) is 20.4 Å². The van der Waals surface area contributed by atoms with E-state index in [1.165, 1.54) is 70.5 Å². The van der Waals surface area contributed by atoms with E-state index in [1.807, 2.05) is 0 Å². The van der Waals surface area contributed by atoms with Crippen molar-refractivity contribution >= 4 is 45.2 Å². The van der Waals surface area contributed by atoms with Gasteiger partial charge in [0.2, 0.25) is 0 Å². The fourth-order valence-corrected chi connectivity index (χ4v) is 12.1. The third-order valence-corrected chi connectivity index (χ3v) is 13.5. The topological polar surface area (TPSA) is 0 Å². The smallest absolute Gasteiger partial charge is 1.00 e. The Balaban J connectivity index is 0.00000141.